The molecule has 1 atom stereocenters. The standard InChI is InChI=1S/C12H26O7Si2/c1-11(2)12(13)18-9-8-10-20(7,14-3)19-21(15-4,16-5)17-6/h1,8-10H2,2-7H3. The summed E-state index contributed by atoms with van der Waals surface area (Å²) >= 11 is 0. The van der Waals surface area contributed by atoms with Crippen molar-refractivity contribution in [1.82, 2.24) is 0 Å². The van der Waals surface area contributed by atoms with Gasteiger partial charge in [-0.25, -0.2) is 4.79 Å². The third-order valence-electron chi connectivity index (χ3n) is 2.88. The molecule has 0 N–H and O–H groups in total. The van der Waals surface area contributed by atoms with E-state index in [4.69, 9.17) is 26.6 Å². The minimum Gasteiger partial charge on any atom is -0.462 e. The summed E-state index contributed by atoms with van der Waals surface area (Å²) < 4.78 is 32.2. The lowest BCUT2D eigenvalue weighted by molar-refractivity contribution is -0.138. The maximum Gasteiger partial charge on any atom is 0.669 e. The summed E-state index contributed by atoms with van der Waals surface area (Å²) in [5.41, 5.74) is 0.377. The molecule has 0 bridgehead atoms. The van der Waals surface area contributed by atoms with Crippen molar-refractivity contribution in [2.24, 2.45) is 0 Å². The lowest BCUT2D eigenvalue weighted by Crippen LogP contribution is -2.56. The molecule has 0 aliphatic rings. The first kappa shape index (κ1) is 20.4. The summed E-state index contributed by atoms with van der Waals surface area (Å²) in [6.45, 7) is 7.29. The number of hydrogen-bond donors (Lipinski definition) is 0. The highest BCUT2D eigenvalue weighted by molar-refractivity contribution is 6.75. The van der Waals surface area contributed by atoms with Gasteiger partial charge in [-0.3, -0.25) is 0 Å². The lowest BCUT2D eigenvalue weighted by Gasteiger charge is -2.33. The molecular weight excluding hydrogens is 312 g/mol. The highest BCUT2D eigenvalue weighted by Gasteiger charge is 2.50. The van der Waals surface area contributed by atoms with Gasteiger partial charge in [0.15, 0.2) is 0 Å². The molecule has 0 amide bonds. The molecule has 0 aromatic rings. The van der Waals surface area contributed by atoms with E-state index in [0.29, 0.717) is 18.0 Å². The fraction of sp³-hybridized carbons (Fsp3) is 0.750. The normalized spacial score (nSPS) is 14.6. The van der Waals surface area contributed by atoms with E-state index in [9.17, 15) is 4.79 Å². The Morgan fingerprint density at radius 3 is 1.95 bits per heavy atom. The molecule has 0 heterocycles. The zero-order chi connectivity index (χ0) is 16.5. The molecule has 124 valence electrons. The molecule has 1 unspecified atom stereocenters. The average Bonchev–Trinajstić information content (AvgIpc) is 2.49. The van der Waals surface area contributed by atoms with Crippen molar-refractivity contribution in [1.29, 1.82) is 0 Å². The monoisotopic (exact) mass is 338 g/mol. The van der Waals surface area contributed by atoms with E-state index in [2.05, 4.69) is 6.58 Å². The maximum atomic E-state index is 11.3. The molecule has 7 nitrogen and oxygen atoms in total. The van der Waals surface area contributed by atoms with Gasteiger partial charge in [-0.05, 0) is 25.9 Å². The smallest absolute Gasteiger partial charge is 0.462 e. The SMILES string of the molecule is C=C(C)C(=O)OCCC[Si](C)(OC)O[Si](OC)(OC)OC. The van der Waals surface area contributed by atoms with Crippen LogP contribution in [0.1, 0.15) is 13.3 Å². The van der Waals surface area contributed by atoms with Crippen molar-refractivity contribution < 1.29 is 31.4 Å². The summed E-state index contributed by atoms with van der Waals surface area (Å²) in [7, 11) is 0.281. The van der Waals surface area contributed by atoms with Crippen molar-refractivity contribution in [2.75, 3.05) is 35.0 Å². The van der Waals surface area contributed by atoms with Crippen molar-refractivity contribution in [3.63, 3.8) is 0 Å². The van der Waals surface area contributed by atoms with Gasteiger partial charge in [0.25, 0.3) is 0 Å². The minimum absolute atomic E-state index is 0.280. The fourth-order valence-electron chi connectivity index (χ4n) is 1.52. The van der Waals surface area contributed by atoms with Gasteiger partial charge in [0, 0.05) is 34.0 Å². The van der Waals surface area contributed by atoms with E-state index in [1.54, 1.807) is 14.0 Å². The maximum absolute atomic E-state index is 11.3. The van der Waals surface area contributed by atoms with Gasteiger partial charge in [-0.1, -0.05) is 6.58 Å². The van der Waals surface area contributed by atoms with Crippen LogP contribution in [0.25, 0.3) is 0 Å². The largest absolute Gasteiger partial charge is 0.669 e. The summed E-state index contributed by atoms with van der Waals surface area (Å²) in [5.74, 6) is -0.397. The van der Waals surface area contributed by atoms with E-state index in [0.717, 1.165) is 0 Å². The van der Waals surface area contributed by atoms with Crippen molar-refractivity contribution in [3.8, 4) is 0 Å². The lowest BCUT2D eigenvalue weighted by atomic mass is 10.4. The Morgan fingerprint density at radius 2 is 1.57 bits per heavy atom. The van der Waals surface area contributed by atoms with Crippen LogP contribution in [0.4, 0.5) is 0 Å². The van der Waals surface area contributed by atoms with E-state index in [1.165, 1.54) is 21.3 Å². The molecule has 0 fully saturated rings. The molecule has 0 aliphatic heterocycles. The Balaban J connectivity index is 4.46. The summed E-state index contributed by atoms with van der Waals surface area (Å²) in [5, 5.41) is 0. The van der Waals surface area contributed by atoms with Crippen molar-refractivity contribution >= 4 is 23.6 Å². The fourth-order valence-corrected chi connectivity index (χ4v) is 6.86. The second-order valence-electron chi connectivity index (χ2n) is 4.57. The van der Waals surface area contributed by atoms with Crippen LogP contribution in [-0.2, 0) is 31.4 Å². The first-order valence-electron chi connectivity index (χ1n) is 6.51. The Morgan fingerprint density at radius 1 is 1.05 bits per heavy atom. The van der Waals surface area contributed by atoms with E-state index in [1.807, 2.05) is 6.55 Å². The molecule has 9 heteroatoms. The van der Waals surface area contributed by atoms with Gasteiger partial charge in [0.1, 0.15) is 0 Å². The van der Waals surface area contributed by atoms with Gasteiger partial charge >= 0.3 is 23.6 Å². The molecule has 0 spiro atoms. The number of ether oxygens (including phenoxy) is 1. The second-order valence-corrected chi connectivity index (χ2v) is 10.8. The zero-order valence-corrected chi connectivity index (χ0v) is 15.7. The molecule has 21 heavy (non-hydrogen) atoms. The highest BCUT2D eigenvalue weighted by atomic mass is 28.5. The highest BCUT2D eigenvalue weighted by Crippen LogP contribution is 2.22. The van der Waals surface area contributed by atoms with Gasteiger partial charge in [-0.15, -0.1) is 0 Å². The van der Waals surface area contributed by atoms with Crippen LogP contribution in [0.2, 0.25) is 12.6 Å². The summed E-state index contributed by atoms with van der Waals surface area (Å²) in [4.78, 5) is 11.3. The zero-order valence-electron chi connectivity index (χ0n) is 13.7. The molecular formula is C12H26O7Si2. The van der Waals surface area contributed by atoms with Gasteiger partial charge in [0.05, 0.1) is 6.61 Å². The van der Waals surface area contributed by atoms with Crippen LogP contribution < -0.4 is 0 Å². The van der Waals surface area contributed by atoms with Crippen molar-refractivity contribution in [2.45, 2.75) is 25.9 Å². The van der Waals surface area contributed by atoms with E-state index < -0.39 is 23.6 Å². The molecule has 0 aliphatic carbocycles. The van der Waals surface area contributed by atoms with Crippen LogP contribution in [0.15, 0.2) is 12.2 Å². The average molecular weight is 339 g/mol. The van der Waals surface area contributed by atoms with Crippen molar-refractivity contribution in [3.05, 3.63) is 12.2 Å². The first-order valence-corrected chi connectivity index (χ1v) is 10.7. The topological polar surface area (TPSA) is 72.5 Å². The molecule has 0 radical (unpaired) electrons. The number of rotatable bonds is 11. The van der Waals surface area contributed by atoms with Gasteiger partial charge in [0.2, 0.25) is 0 Å². The summed E-state index contributed by atoms with van der Waals surface area (Å²) in [6.07, 6.45) is 0.608. The Labute approximate surface area is 128 Å². The number of hydrogen-bond acceptors (Lipinski definition) is 7. The number of carbonyl (C=O) groups excluding carboxylic acids is 1. The third kappa shape index (κ3) is 6.82. The van der Waals surface area contributed by atoms with Gasteiger partial charge in [-0.2, -0.15) is 0 Å². The Kier molecular flexibility index (Phi) is 9.21. The summed E-state index contributed by atoms with van der Waals surface area (Å²) in [6, 6.07) is 0.609. The Hall–Kier alpha value is -0.556. The number of carbonyl (C=O) groups is 1. The predicted octanol–water partition coefficient (Wildman–Crippen LogP) is 1.61. The second kappa shape index (κ2) is 9.46. The Bertz CT molecular complexity index is 338. The minimum atomic E-state index is -3.16. The molecule has 0 aromatic heterocycles. The van der Waals surface area contributed by atoms with Crippen LogP contribution >= 0.6 is 0 Å². The third-order valence-corrected chi connectivity index (χ3v) is 9.23. The van der Waals surface area contributed by atoms with Crippen LogP contribution in [0, 0.1) is 0 Å². The predicted molar refractivity (Wildman–Crippen MR) is 81.7 cm³/mol. The quantitative estimate of drug-likeness (QED) is 0.245. The van der Waals surface area contributed by atoms with Gasteiger partial charge < -0.3 is 26.6 Å². The number of esters is 1. The van der Waals surface area contributed by atoms with Crippen LogP contribution in [0.5, 0.6) is 0 Å². The van der Waals surface area contributed by atoms with E-state index >= 15 is 0 Å². The molecule has 0 saturated carbocycles. The van der Waals surface area contributed by atoms with Crippen LogP contribution in [0.3, 0.4) is 0 Å². The van der Waals surface area contributed by atoms with E-state index in [-0.39, 0.29) is 6.61 Å². The molecule has 0 aromatic carbocycles. The molecule has 0 saturated heterocycles. The first-order chi connectivity index (χ1) is 9.78. The molecule has 0 rings (SSSR count). The van der Waals surface area contributed by atoms with Crippen LogP contribution in [-0.4, -0.2) is 58.6 Å².